The van der Waals surface area contributed by atoms with E-state index in [4.69, 9.17) is 10.5 Å². The number of anilines is 2. The number of para-hydroxylation sites is 1. The van der Waals surface area contributed by atoms with Crippen LogP contribution in [0.2, 0.25) is 0 Å². The number of hydrogen-bond donors (Lipinski definition) is 2. The molecule has 2 aromatic rings. The number of hydrogen-bond acceptors (Lipinski definition) is 3. The van der Waals surface area contributed by atoms with Crippen LogP contribution in [0.5, 0.6) is 5.75 Å². The first kappa shape index (κ1) is 17.3. The number of aryl methyl sites for hydroxylation is 1. The van der Waals surface area contributed by atoms with Crippen LogP contribution in [0.15, 0.2) is 46.9 Å². The number of amides is 1. The van der Waals surface area contributed by atoms with E-state index >= 15 is 0 Å². The maximum atomic E-state index is 12.1. The van der Waals surface area contributed by atoms with Gasteiger partial charge in [-0.2, -0.15) is 0 Å². The van der Waals surface area contributed by atoms with Crippen molar-refractivity contribution in [3.8, 4) is 5.75 Å². The number of carbonyl (C=O) groups excluding carboxylic acids is 1. The summed E-state index contributed by atoms with van der Waals surface area (Å²) < 4.78 is 6.52. The van der Waals surface area contributed by atoms with Crippen LogP contribution in [-0.4, -0.2) is 12.0 Å². The van der Waals surface area contributed by atoms with Crippen molar-refractivity contribution in [3.63, 3.8) is 0 Å². The molecule has 5 heteroatoms. The third-order valence-electron chi connectivity index (χ3n) is 3.20. The molecule has 0 aliphatic heterocycles. The Hall–Kier alpha value is -2.01. The van der Waals surface area contributed by atoms with Gasteiger partial charge in [0, 0.05) is 28.3 Å². The summed E-state index contributed by atoms with van der Waals surface area (Å²) in [5.41, 5.74) is 8.30. The molecule has 122 valence electrons. The van der Waals surface area contributed by atoms with Gasteiger partial charge in [-0.1, -0.05) is 34.1 Å². The minimum Gasteiger partial charge on any atom is -0.491 e. The van der Waals surface area contributed by atoms with Crippen molar-refractivity contribution in [1.82, 2.24) is 0 Å². The van der Waals surface area contributed by atoms with Gasteiger partial charge in [-0.15, -0.1) is 0 Å². The fraction of sp³-hybridized carbons (Fsp3) is 0.278. The molecule has 3 N–H and O–H groups in total. The molecule has 1 amide bonds. The van der Waals surface area contributed by atoms with E-state index in [0.29, 0.717) is 18.5 Å². The molecule has 0 unspecified atom stereocenters. The fourth-order valence-electron chi connectivity index (χ4n) is 2.21. The lowest BCUT2D eigenvalue weighted by Crippen LogP contribution is -2.13. The Kier molecular flexibility index (Phi) is 6.04. The third-order valence-corrected chi connectivity index (χ3v) is 3.66. The maximum absolute atomic E-state index is 12.1. The fourth-order valence-corrected chi connectivity index (χ4v) is 2.68. The van der Waals surface area contributed by atoms with Gasteiger partial charge in [0.25, 0.3) is 0 Å². The largest absolute Gasteiger partial charge is 0.491 e. The van der Waals surface area contributed by atoms with Gasteiger partial charge in [-0.05, 0) is 44.0 Å². The summed E-state index contributed by atoms with van der Waals surface area (Å²) in [5.74, 6) is 0.666. The minimum absolute atomic E-state index is 0.0538. The van der Waals surface area contributed by atoms with Crippen LogP contribution >= 0.6 is 15.9 Å². The molecule has 0 aliphatic rings. The quantitative estimate of drug-likeness (QED) is 0.734. The lowest BCUT2D eigenvalue weighted by molar-refractivity contribution is -0.116. The van der Waals surface area contributed by atoms with E-state index in [0.717, 1.165) is 21.5 Å². The standard InChI is InChI=1S/C18H21BrN2O2/c1-12(2)23-16-10-14(19)9-15(11-16)21-18(22)8-7-13-5-3-4-6-17(13)20/h3-6,9-12H,7-8,20H2,1-2H3,(H,21,22). The van der Waals surface area contributed by atoms with Gasteiger partial charge in [0.15, 0.2) is 0 Å². The van der Waals surface area contributed by atoms with Crippen LogP contribution in [-0.2, 0) is 11.2 Å². The second-order valence-electron chi connectivity index (χ2n) is 5.59. The first-order chi connectivity index (χ1) is 10.9. The molecule has 0 saturated carbocycles. The van der Waals surface area contributed by atoms with E-state index in [9.17, 15) is 4.79 Å². The minimum atomic E-state index is -0.0538. The van der Waals surface area contributed by atoms with Gasteiger partial charge in [-0.3, -0.25) is 4.79 Å². The Morgan fingerprint density at radius 1 is 1.26 bits per heavy atom. The molecule has 0 radical (unpaired) electrons. The Bertz CT molecular complexity index is 686. The average molecular weight is 377 g/mol. The second kappa shape index (κ2) is 8.02. The SMILES string of the molecule is CC(C)Oc1cc(Br)cc(NC(=O)CCc2ccccc2N)c1. The number of nitrogen functional groups attached to an aromatic ring is 1. The normalized spacial score (nSPS) is 10.6. The van der Waals surface area contributed by atoms with Crippen molar-refractivity contribution in [2.45, 2.75) is 32.8 Å². The highest BCUT2D eigenvalue weighted by molar-refractivity contribution is 9.10. The number of nitrogens with one attached hydrogen (secondary N) is 1. The zero-order valence-electron chi connectivity index (χ0n) is 13.3. The molecular formula is C18H21BrN2O2. The van der Waals surface area contributed by atoms with E-state index < -0.39 is 0 Å². The van der Waals surface area contributed by atoms with Crippen molar-refractivity contribution >= 4 is 33.2 Å². The predicted molar refractivity (Wildman–Crippen MR) is 97.7 cm³/mol. The molecule has 0 fully saturated rings. The highest BCUT2D eigenvalue weighted by Crippen LogP contribution is 2.26. The van der Waals surface area contributed by atoms with Crippen molar-refractivity contribution in [1.29, 1.82) is 0 Å². The Morgan fingerprint density at radius 3 is 2.70 bits per heavy atom. The Morgan fingerprint density at radius 2 is 2.00 bits per heavy atom. The monoisotopic (exact) mass is 376 g/mol. The average Bonchev–Trinajstić information content (AvgIpc) is 2.45. The summed E-state index contributed by atoms with van der Waals surface area (Å²) in [7, 11) is 0. The van der Waals surface area contributed by atoms with Gasteiger partial charge in [0.1, 0.15) is 5.75 Å². The van der Waals surface area contributed by atoms with E-state index in [-0.39, 0.29) is 12.0 Å². The molecule has 2 aromatic carbocycles. The lowest BCUT2D eigenvalue weighted by Gasteiger charge is -2.12. The predicted octanol–water partition coefficient (Wildman–Crippen LogP) is 4.39. The molecule has 0 spiro atoms. The molecule has 0 aliphatic carbocycles. The van der Waals surface area contributed by atoms with Gasteiger partial charge >= 0.3 is 0 Å². The lowest BCUT2D eigenvalue weighted by atomic mass is 10.1. The van der Waals surface area contributed by atoms with Gasteiger partial charge in [0.05, 0.1) is 6.10 Å². The summed E-state index contributed by atoms with van der Waals surface area (Å²) in [4.78, 5) is 12.1. The van der Waals surface area contributed by atoms with Crippen LogP contribution in [0.25, 0.3) is 0 Å². The second-order valence-corrected chi connectivity index (χ2v) is 6.50. The van der Waals surface area contributed by atoms with Gasteiger partial charge < -0.3 is 15.8 Å². The first-order valence-electron chi connectivity index (χ1n) is 7.54. The molecule has 0 atom stereocenters. The molecule has 2 rings (SSSR count). The molecule has 0 heterocycles. The Balaban J connectivity index is 1.97. The topological polar surface area (TPSA) is 64.3 Å². The van der Waals surface area contributed by atoms with Crippen LogP contribution in [0.3, 0.4) is 0 Å². The van der Waals surface area contributed by atoms with Crippen LogP contribution in [0, 0.1) is 0 Å². The third kappa shape index (κ3) is 5.60. The zero-order chi connectivity index (χ0) is 16.8. The van der Waals surface area contributed by atoms with Crippen molar-refractivity contribution in [2.75, 3.05) is 11.1 Å². The van der Waals surface area contributed by atoms with Crippen LogP contribution in [0.4, 0.5) is 11.4 Å². The number of carbonyl (C=O) groups is 1. The highest BCUT2D eigenvalue weighted by atomic mass is 79.9. The first-order valence-corrected chi connectivity index (χ1v) is 8.34. The van der Waals surface area contributed by atoms with Crippen LogP contribution < -0.4 is 15.8 Å². The molecular weight excluding hydrogens is 356 g/mol. The van der Waals surface area contributed by atoms with E-state index in [1.165, 1.54) is 0 Å². The summed E-state index contributed by atoms with van der Waals surface area (Å²) in [6.45, 7) is 3.92. The highest BCUT2D eigenvalue weighted by Gasteiger charge is 2.08. The molecule has 0 bridgehead atoms. The summed E-state index contributed by atoms with van der Waals surface area (Å²) >= 11 is 3.43. The molecule has 23 heavy (non-hydrogen) atoms. The smallest absolute Gasteiger partial charge is 0.224 e. The number of rotatable bonds is 6. The van der Waals surface area contributed by atoms with Crippen molar-refractivity contribution < 1.29 is 9.53 Å². The van der Waals surface area contributed by atoms with Gasteiger partial charge in [-0.25, -0.2) is 0 Å². The number of nitrogens with two attached hydrogens (primary N) is 1. The summed E-state index contributed by atoms with van der Waals surface area (Å²) in [6, 6.07) is 13.1. The molecule has 0 saturated heterocycles. The van der Waals surface area contributed by atoms with Crippen molar-refractivity contribution in [3.05, 3.63) is 52.5 Å². The van der Waals surface area contributed by atoms with Gasteiger partial charge in [0.2, 0.25) is 5.91 Å². The van der Waals surface area contributed by atoms with E-state index in [2.05, 4.69) is 21.2 Å². The molecule has 0 aromatic heterocycles. The zero-order valence-corrected chi connectivity index (χ0v) is 14.9. The number of halogens is 1. The molecule has 4 nitrogen and oxygen atoms in total. The maximum Gasteiger partial charge on any atom is 0.224 e. The summed E-state index contributed by atoms with van der Waals surface area (Å²) in [5, 5.41) is 2.90. The number of benzene rings is 2. The number of ether oxygens (including phenoxy) is 1. The Labute approximate surface area is 145 Å². The van der Waals surface area contributed by atoms with E-state index in [1.54, 1.807) is 0 Å². The van der Waals surface area contributed by atoms with E-state index in [1.807, 2.05) is 56.3 Å². The van der Waals surface area contributed by atoms with Crippen molar-refractivity contribution in [2.24, 2.45) is 0 Å². The van der Waals surface area contributed by atoms with Crippen LogP contribution in [0.1, 0.15) is 25.8 Å². The summed E-state index contributed by atoms with van der Waals surface area (Å²) in [6.07, 6.45) is 1.07.